The fraction of sp³-hybridized carbons (Fsp3) is 0.719. The van der Waals surface area contributed by atoms with Crippen molar-refractivity contribution in [2.45, 2.75) is 127 Å². The smallest absolute Gasteiger partial charge is 0.329 e. The summed E-state index contributed by atoms with van der Waals surface area (Å²) >= 11 is 0. The van der Waals surface area contributed by atoms with E-state index in [0.717, 1.165) is 63.4 Å². The fourth-order valence-corrected chi connectivity index (χ4v) is 6.37. The number of carbonyl (C=O) groups is 3. The van der Waals surface area contributed by atoms with Crippen LogP contribution < -0.4 is 16.8 Å². The van der Waals surface area contributed by atoms with Crippen molar-refractivity contribution in [2.24, 2.45) is 17.4 Å². The molecule has 5 N–H and O–H groups in total. The van der Waals surface area contributed by atoms with Crippen molar-refractivity contribution in [1.29, 1.82) is 0 Å². The number of nitrogens with zero attached hydrogens (tertiary/aromatic N) is 1. The zero-order chi connectivity index (χ0) is 28.7. The summed E-state index contributed by atoms with van der Waals surface area (Å²) in [5.41, 5.74) is 12.7. The first-order chi connectivity index (χ1) is 19.5. The van der Waals surface area contributed by atoms with E-state index in [4.69, 9.17) is 16.2 Å². The van der Waals surface area contributed by atoms with Gasteiger partial charge in [-0.25, -0.2) is 4.79 Å². The molecule has 3 aliphatic rings. The van der Waals surface area contributed by atoms with Gasteiger partial charge in [0, 0.05) is 6.04 Å². The standard InChI is InChI=1S/C32H52N4O4/c1-2-3-4-5-6-12-23-40-32(39)29-25-17-19-26(20-18-25)36(29)31(38)28(15-10-11-22-33)35-27(30(34)37)21-16-24-13-8-7-9-14-24/h7-9,13-14,25-29,35H,2-6,10-12,15-23,33H2,1H3,(H2,34,37)/t25?,26?,27-,28-,29-/m0/s1. The Labute approximate surface area is 240 Å². The molecule has 0 unspecified atom stereocenters. The van der Waals surface area contributed by atoms with Crippen LogP contribution in [0.3, 0.4) is 0 Å². The topological polar surface area (TPSA) is 128 Å². The number of nitrogens with one attached hydrogen (secondary N) is 1. The van der Waals surface area contributed by atoms with Crippen molar-refractivity contribution in [3.05, 3.63) is 35.9 Å². The van der Waals surface area contributed by atoms with Crippen LogP contribution in [0, 0.1) is 5.92 Å². The number of aryl methyl sites for hydroxylation is 1. The Morgan fingerprint density at radius 3 is 2.30 bits per heavy atom. The second-order valence-corrected chi connectivity index (χ2v) is 11.7. The highest BCUT2D eigenvalue weighted by Gasteiger charge is 2.49. The van der Waals surface area contributed by atoms with E-state index in [2.05, 4.69) is 12.2 Å². The van der Waals surface area contributed by atoms with Gasteiger partial charge < -0.3 is 21.1 Å². The monoisotopic (exact) mass is 556 g/mol. The molecule has 1 aromatic rings. The molecule has 40 heavy (non-hydrogen) atoms. The van der Waals surface area contributed by atoms with E-state index in [-0.39, 0.29) is 23.8 Å². The molecule has 0 spiro atoms. The van der Waals surface area contributed by atoms with Gasteiger partial charge in [0.2, 0.25) is 11.8 Å². The molecule has 2 saturated heterocycles. The van der Waals surface area contributed by atoms with Crippen LogP contribution in [0.4, 0.5) is 0 Å². The summed E-state index contributed by atoms with van der Waals surface area (Å²) in [6.45, 7) is 3.14. The normalized spacial score (nSPS) is 21.6. The Bertz CT molecular complexity index is 903. The van der Waals surface area contributed by atoms with Crippen LogP contribution in [-0.2, 0) is 25.5 Å². The minimum atomic E-state index is -0.646. The van der Waals surface area contributed by atoms with Gasteiger partial charge in [-0.2, -0.15) is 0 Å². The molecule has 2 amide bonds. The number of unbranched alkanes of at least 4 members (excludes halogenated alkanes) is 6. The highest BCUT2D eigenvalue weighted by molar-refractivity contribution is 5.89. The molecule has 224 valence electrons. The minimum Gasteiger partial charge on any atom is -0.464 e. The van der Waals surface area contributed by atoms with Gasteiger partial charge in [-0.15, -0.1) is 0 Å². The van der Waals surface area contributed by atoms with Gasteiger partial charge in [0.05, 0.1) is 18.7 Å². The number of benzene rings is 1. The zero-order valence-corrected chi connectivity index (χ0v) is 24.5. The van der Waals surface area contributed by atoms with Gasteiger partial charge in [0.15, 0.2) is 0 Å². The number of primary amides is 1. The molecule has 2 aliphatic heterocycles. The second-order valence-electron chi connectivity index (χ2n) is 11.7. The predicted molar refractivity (Wildman–Crippen MR) is 158 cm³/mol. The molecule has 2 heterocycles. The first-order valence-electron chi connectivity index (χ1n) is 15.7. The van der Waals surface area contributed by atoms with Gasteiger partial charge in [-0.3, -0.25) is 14.9 Å². The third kappa shape index (κ3) is 9.58. The second kappa shape index (κ2) is 17.4. The minimum absolute atomic E-state index is 0.0271. The van der Waals surface area contributed by atoms with Crippen molar-refractivity contribution < 1.29 is 19.1 Å². The summed E-state index contributed by atoms with van der Waals surface area (Å²) in [5, 5.41) is 3.32. The molecule has 2 bridgehead atoms. The highest BCUT2D eigenvalue weighted by atomic mass is 16.5. The van der Waals surface area contributed by atoms with Crippen LogP contribution >= 0.6 is 0 Å². The summed E-state index contributed by atoms with van der Waals surface area (Å²) in [7, 11) is 0. The summed E-state index contributed by atoms with van der Waals surface area (Å²) in [6, 6.07) is 8.17. The summed E-state index contributed by atoms with van der Waals surface area (Å²) in [4.78, 5) is 41.8. The molecule has 8 heteroatoms. The lowest BCUT2D eigenvalue weighted by Gasteiger charge is -2.51. The van der Waals surface area contributed by atoms with Gasteiger partial charge in [0.25, 0.3) is 0 Å². The quantitative estimate of drug-likeness (QED) is 0.173. The third-order valence-corrected chi connectivity index (χ3v) is 8.67. The predicted octanol–water partition coefficient (Wildman–Crippen LogP) is 4.23. The maximum atomic E-state index is 14.2. The van der Waals surface area contributed by atoms with Crippen LogP contribution in [0.5, 0.6) is 0 Å². The van der Waals surface area contributed by atoms with Crippen molar-refractivity contribution >= 4 is 17.8 Å². The number of amides is 2. The van der Waals surface area contributed by atoms with Crippen molar-refractivity contribution in [2.75, 3.05) is 13.2 Å². The molecule has 3 atom stereocenters. The summed E-state index contributed by atoms with van der Waals surface area (Å²) in [5.74, 6) is -0.727. The van der Waals surface area contributed by atoms with Gasteiger partial charge in [-0.05, 0) is 75.8 Å². The van der Waals surface area contributed by atoms with Crippen LogP contribution in [0.1, 0.15) is 102 Å². The first-order valence-corrected chi connectivity index (χ1v) is 15.7. The molecular formula is C32H52N4O4. The number of piperidine rings is 2. The Kier molecular flexibility index (Phi) is 13.9. The van der Waals surface area contributed by atoms with Crippen molar-refractivity contribution in [3.63, 3.8) is 0 Å². The van der Waals surface area contributed by atoms with E-state index in [9.17, 15) is 14.4 Å². The molecule has 3 fully saturated rings. The molecule has 1 saturated carbocycles. The maximum absolute atomic E-state index is 14.2. The number of carbonyl (C=O) groups excluding carboxylic acids is 3. The van der Waals surface area contributed by atoms with E-state index < -0.39 is 24.0 Å². The number of esters is 1. The summed E-state index contributed by atoms with van der Waals surface area (Å²) in [6.07, 6.45) is 13.7. The number of hydrogen-bond donors (Lipinski definition) is 3. The van der Waals surface area contributed by atoms with E-state index in [1.807, 2.05) is 35.2 Å². The van der Waals surface area contributed by atoms with E-state index in [1.54, 1.807) is 0 Å². The number of nitrogens with two attached hydrogens (primary N) is 2. The average molecular weight is 557 g/mol. The molecule has 4 rings (SSSR count). The largest absolute Gasteiger partial charge is 0.464 e. The molecular weight excluding hydrogens is 504 g/mol. The first kappa shape index (κ1) is 32.1. The Morgan fingerprint density at radius 2 is 1.62 bits per heavy atom. The summed E-state index contributed by atoms with van der Waals surface area (Å²) < 4.78 is 5.76. The zero-order valence-electron chi connectivity index (χ0n) is 24.5. The van der Waals surface area contributed by atoms with Crippen LogP contribution in [0.15, 0.2) is 30.3 Å². The van der Waals surface area contributed by atoms with E-state index in [1.165, 1.54) is 19.3 Å². The maximum Gasteiger partial charge on any atom is 0.329 e. The molecule has 0 radical (unpaired) electrons. The number of fused-ring (bicyclic) bond motifs is 3. The lowest BCUT2D eigenvalue weighted by Crippen LogP contribution is -2.65. The lowest BCUT2D eigenvalue weighted by molar-refractivity contribution is -0.168. The Hall–Kier alpha value is -2.45. The van der Waals surface area contributed by atoms with Crippen molar-refractivity contribution in [3.8, 4) is 0 Å². The number of ether oxygens (including phenoxy) is 1. The Morgan fingerprint density at radius 1 is 0.925 bits per heavy atom. The van der Waals surface area contributed by atoms with Crippen LogP contribution in [0.2, 0.25) is 0 Å². The van der Waals surface area contributed by atoms with Gasteiger partial charge >= 0.3 is 5.97 Å². The van der Waals surface area contributed by atoms with Crippen molar-refractivity contribution in [1.82, 2.24) is 10.2 Å². The van der Waals surface area contributed by atoms with Crippen LogP contribution in [0.25, 0.3) is 0 Å². The Balaban J connectivity index is 1.68. The molecule has 1 aliphatic carbocycles. The number of rotatable bonds is 19. The number of hydrogen-bond acceptors (Lipinski definition) is 6. The average Bonchev–Trinajstić information content (AvgIpc) is 2.98. The molecule has 8 nitrogen and oxygen atoms in total. The van der Waals surface area contributed by atoms with Gasteiger partial charge in [-0.1, -0.05) is 75.8 Å². The molecule has 1 aromatic carbocycles. The molecule has 0 aromatic heterocycles. The third-order valence-electron chi connectivity index (χ3n) is 8.67. The SMILES string of the molecule is CCCCCCCCOC(=O)[C@@H]1C2CCC(CC2)N1C(=O)[C@H](CCCCN)N[C@@H](CCc1ccccc1)C(N)=O. The van der Waals surface area contributed by atoms with Gasteiger partial charge in [0.1, 0.15) is 6.04 Å². The van der Waals surface area contributed by atoms with E-state index in [0.29, 0.717) is 32.4 Å². The lowest BCUT2D eigenvalue weighted by atomic mass is 9.74. The highest BCUT2D eigenvalue weighted by Crippen LogP contribution is 2.40. The van der Waals surface area contributed by atoms with Crippen LogP contribution in [-0.4, -0.2) is 60.0 Å². The fourth-order valence-electron chi connectivity index (χ4n) is 6.37. The van der Waals surface area contributed by atoms with E-state index >= 15 is 0 Å².